The summed E-state index contributed by atoms with van der Waals surface area (Å²) in [5.41, 5.74) is 1.81. The maximum atomic E-state index is 13.5. The van der Waals surface area contributed by atoms with Crippen LogP contribution < -0.4 is 15.4 Å². The molecule has 0 aliphatic rings. The lowest BCUT2D eigenvalue weighted by molar-refractivity contribution is 0.322. The smallest absolute Gasteiger partial charge is 0.191 e. The molecule has 2 aromatic rings. The first kappa shape index (κ1) is 20.2. The second kappa shape index (κ2) is 10.9. The van der Waals surface area contributed by atoms with E-state index in [4.69, 9.17) is 4.74 Å². The number of aryl methyl sites for hydroxylation is 1. The van der Waals surface area contributed by atoms with Crippen LogP contribution in [0.5, 0.6) is 5.75 Å². The molecule has 0 aromatic heterocycles. The number of ether oxygens (including phenoxy) is 1. The maximum Gasteiger partial charge on any atom is 0.191 e. The van der Waals surface area contributed by atoms with Crippen molar-refractivity contribution in [2.45, 2.75) is 13.5 Å². The molecule has 0 aliphatic carbocycles. The van der Waals surface area contributed by atoms with Gasteiger partial charge in [-0.1, -0.05) is 35.9 Å². The number of hydrogen-bond donors (Lipinski definition) is 2. The SMILES string of the molecule is CN=C(NCCOc1ccc(C)cc1)NCc1ccccc1F.I. The summed E-state index contributed by atoms with van der Waals surface area (Å²) in [7, 11) is 1.68. The van der Waals surface area contributed by atoms with E-state index in [2.05, 4.69) is 15.6 Å². The van der Waals surface area contributed by atoms with Gasteiger partial charge in [-0.05, 0) is 25.1 Å². The van der Waals surface area contributed by atoms with Crippen molar-refractivity contribution in [2.75, 3.05) is 20.2 Å². The Labute approximate surface area is 159 Å². The number of nitrogens with one attached hydrogen (secondary N) is 2. The fourth-order valence-corrected chi connectivity index (χ4v) is 2.01. The van der Waals surface area contributed by atoms with Crippen LogP contribution in [-0.4, -0.2) is 26.2 Å². The highest BCUT2D eigenvalue weighted by Gasteiger charge is 2.02. The van der Waals surface area contributed by atoms with Crippen molar-refractivity contribution < 1.29 is 9.13 Å². The fraction of sp³-hybridized carbons (Fsp3) is 0.278. The number of halogens is 2. The van der Waals surface area contributed by atoms with Crippen LogP contribution in [0.1, 0.15) is 11.1 Å². The van der Waals surface area contributed by atoms with E-state index in [-0.39, 0.29) is 29.8 Å². The fourth-order valence-electron chi connectivity index (χ4n) is 2.01. The molecule has 6 heteroatoms. The van der Waals surface area contributed by atoms with Crippen LogP contribution in [0.3, 0.4) is 0 Å². The predicted octanol–water partition coefficient (Wildman–Crippen LogP) is 3.50. The second-order valence-corrected chi connectivity index (χ2v) is 5.11. The molecule has 0 bridgehead atoms. The summed E-state index contributed by atoms with van der Waals surface area (Å²) in [5.74, 6) is 1.23. The lowest BCUT2D eigenvalue weighted by Gasteiger charge is -2.13. The number of hydrogen-bond acceptors (Lipinski definition) is 2. The summed E-state index contributed by atoms with van der Waals surface area (Å²) in [6.07, 6.45) is 0. The quantitative estimate of drug-likeness (QED) is 0.311. The van der Waals surface area contributed by atoms with Crippen LogP contribution in [0.4, 0.5) is 4.39 Å². The van der Waals surface area contributed by atoms with Crippen LogP contribution in [0.15, 0.2) is 53.5 Å². The molecule has 0 saturated carbocycles. The van der Waals surface area contributed by atoms with Crippen LogP contribution >= 0.6 is 24.0 Å². The number of benzene rings is 2. The van der Waals surface area contributed by atoms with E-state index in [1.54, 1.807) is 19.2 Å². The normalized spacial score (nSPS) is 10.7. The van der Waals surface area contributed by atoms with Crippen LogP contribution in [-0.2, 0) is 6.54 Å². The Morgan fingerprint density at radius 3 is 2.46 bits per heavy atom. The Kier molecular flexibility index (Phi) is 9.14. The van der Waals surface area contributed by atoms with Crippen LogP contribution in [0, 0.1) is 12.7 Å². The summed E-state index contributed by atoms with van der Waals surface area (Å²) in [6, 6.07) is 14.6. The number of rotatable bonds is 6. The van der Waals surface area contributed by atoms with Gasteiger partial charge >= 0.3 is 0 Å². The van der Waals surface area contributed by atoms with Gasteiger partial charge in [0.1, 0.15) is 18.2 Å². The van der Waals surface area contributed by atoms with Gasteiger partial charge in [0.15, 0.2) is 5.96 Å². The monoisotopic (exact) mass is 443 g/mol. The summed E-state index contributed by atoms with van der Waals surface area (Å²) in [6.45, 7) is 3.54. The third-order valence-electron chi connectivity index (χ3n) is 3.31. The molecule has 0 atom stereocenters. The molecule has 0 radical (unpaired) electrons. The molecule has 0 fully saturated rings. The van der Waals surface area contributed by atoms with Crippen molar-refractivity contribution >= 4 is 29.9 Å². The summed E-state index contributed by atoms with van der Waals surface area (Å²) in [4.78, 5) is 4.11. The van der Waals surface area contributed by atoms with Gasteiger partial charge in [0.05, 0.1) is 6.54 Å². The standard InChI is InChI=1S/C18H22FN3O.HI/c1-14-7-9-16(10-8-14)23-12-11-21-18(20-2)22-13-15-5-3-4-6-17(15)19;/h3-10H,11-13H2,1-2H3,(H2,20,21,22);1H. The van der Waals surface area contributed by atoms with Gasteiger partial charge in [0, 0.05) is 19.2 Å². The molecule has 2 rings (SSSR count). The molecule has 0 aliphatic heterocycles. The lowest BCUT2D eigenvalue weighted by atomic mass is 10.2. The van der Waals surface area contributed by atoms with E-state index in [9.17, 15) is 4.39 Å². The topological polar surface area (TPSA) is 45.7 Å². The van der Waals surface area contributed by atoms with Crippen molar-refractivity contribution in [3.63, 3.8) is 0 Å². The molecule has 24 heavy (non-hydrogen) atoms. The maximum absolute atomic E-state index is 13.5. The van der Waals surface area contributed by atoms with Gasteiger partial charge in [-0.25, -0.2) is 4.39 Å². The van der Waals surface area contributed by atoms with E-state index in [0.717, 1.165) is 5.75 Å². The highest BCUT2D eigenvalue weighted by molar-refractivity contribution is 14.0. The molecule has 0 heterocycles. The third kappa shape index (κ3) is 6.74. The van der Waals surface area contributed by atoms with Gasteiger partial charge in [0.25, 0.3) is 0 Å². The molecular weight excluding hydrogens is 420 g/mol. The zero-order valence-corrected chi connectivity index (χ0v) is 16.2. The summed E-state index contributed by atoms with van der Waals surface area (Å²) < 4.78 is 19.2. The predicted molar refractivity (Wildman–Crippen MR) is 107 cm³/mol. The molecule has 2 N–H and O–H groups in total. The Hall–Kier alpha value is -1.83. The summed E-state index contributed by atoms with van der Waals surface area (Å²) in [5, 5.41) is 6.21. The van der Waals surface area contributed by atoms with Gasteiger partial charge in [-0.2, -0.15) is 0 Å². The van der Waals surface area contributed by atoms with Gasteiger partial charge in [0.2, 0.25) is 0 Å². The van der Waals surface area contributed by atoms with Crippen molar-refractivity contribution in [2.24, 2.45) is 4.99 Å². The largest absolute Gasteiger partial charge is 0.492 e. The third-order valence-corrected chi connectivity index (χ3v) is 3.31. The highest BCUT2D eigenvalue weighted by atomic mass is 127. The zero-order chi connectivity index (χ0) is 16.5. The van der Waals surface area contributed by atoms with Gasteiger partial charge in [-0.15, -0.1) is 24.0 Å². The number of guanidine groups is 1. The van der Waals surface area contributed by atoms with E-state index < -0.39 is 0 Å². The molecule has 0 amide bonds. The molecule has 0 spiro atoms. The minimum Gasteiger partial charge on any atom is -0.492 e. The Morgan fingerprint density at radius 1 is 1.08 bits per heavy atom. The van der Waals surface area contributed by atoms with E-state index in [0.29, 0.717) is 31.2 Å². The molecule has 4 nitrogen and oxygen atoms in total. The van der Waals surface area contributed by atoms with E-state index >= 15 is 0 Å². The minimum atomic E-state index is -0.224. The van der Waals surface area contributed by atoms with Crippen molar-refractivity contribution in [3.05, 3.63) is 65.5 Å². The van der Waals surface area contributed by atoms with Crippen LogP contribution in [0.25, 0.3) is 0 Å². The Balaban J connectivity index is 0.00000288. The Bertz CT molecular complexity index is 647. The molecular formula is C18H23FIN3O. The van der Waals surface area contributed by atoms with Gasteiger partial charge in [-0.3, -0.25) is 4.99 Å². The first-order valence-electron chi connectivity index (χ1n) is 7.56. The first-order chi connectivity index (χ1) is 11.2. The first-order valence-corrected chi connectivity index (χ1v) is 7.56. The molecule has 0 unspecified atom stereocenters. The lowest BCUT2D eigenvalue weighted by Crippen LogP contribution is -2.39. The van der Waals surface area contributed by atoms with Crippen molar-refractivity contribution in [1.29, 1.82) is 0 Å². The second-order valence-electron chi connectivity index (χ2n) is 5.11. The molecule has 130 valence electrons. The highest BCUT2D eigenvalue weighted by Crippen LogP contribution is 2.10. The minimum absolute atomic E-state index is 0. The Morgan fingerprint density at radius 2 is 1.79 bits per heavy atom. The number of nitrogens with zero attached hydrogens (tertiary/aromatic N) is 1. The summed E-state index contributed by atoms with van der Waals surface area (Å²) >= 11 is 0. The van der Waals surface area contributed by atoms with Crippen molar-refractivity contribution in [1.82, 2.24) is 10.6 Å². The molecule has 0 saturated heterocycles. The van der Waals surface area contributed by atoms with E-state index in [1.807, 2.05) is 37.3 Å². The number of aliphatic imine (C=N–C) groups is 1. The van der Waals surface area contributed by atoms with E-state index in [1.165, 1.54) is 11.6 Å². The average molecular weight is 443 g/mol. The zero-order valence-electron chi connectivity index (χ0n) is 13.9. The van der Waals surface area contributed by atoms with Gasteiger partial charge < -0.3 is 15.4 Å². The molecule has 2 aromatic carbocycles. The average Bonchev–Trinajstić information content (AvgIpc) is 2.57. The van der Waals surface area contributed by atoms with Crippen LogP contribution in [0.2, 0.25) is 0 Å². The van der Waals surface area contributed by atoms with Crippen molar-refractivity contribution in [3.8, 4) is 5.75 Å².